The molecule has 1 atom stereocenters. The van der Waals surface area contributed by atoms with Gasteiger partial charge >= 0.3 is 0 Å². The van der Waals surface area contributed by atoms with Gasteiger partial charge in [-0.25, -0.2) is 0 Å². The Hall–Kier alpha value is -1.62. The van der Waals surface area contributed by atoms with E-state index in [1.807, 2.05) is 33.0 Å². The maximum atomic E-state index is 12.2. The van der Waals surface area contributed by atoms with Crippen molar-refractivity contribution < 1.29 is 4.79 Å². The maximum Gasteiger partial charge on any atom is 0.254 e. The highest BCUT2D eigenvalue weighted by molar-refractivity contribution is 9.10. The molecule has 106 valence electrons. The molecule has 0 saturated carbocycles. The molecule has 0 aliphatic heterocycles. The molecule has 0 fully saturated rings. The van der Waals surface area contributed by atoms with Crippen LogP contribution in [0.2, 0.25) is 0 Å². The van der Waals surface area contributed by atoms with Crippen LogP contribution in [0.5, 0.6) is 0 Å². The quantitative estimate of drug-likeness (QED) is 0.933. The van der Waals surface area contributed by atoms with E-state index in [1.54, 1.807) is 10.9 Å². The smallest absolute Gasteiger partial charge is 0.254 e. The van der Waals surface area contributed by atoms with Gasteiger partial charge in [0.2, 0.25) is 0 Å². The lowest BCUT2D eigenvalue weighted by molar-refractivity contribution is 0.0939. The fourth-order valence-corrected chi connectivity index (χ4v) is 2.31. The van der Waals surface area contributed by atoms with E-state index in [0.717, 1.165) is 16.6 Å². The first-order valence-electron chi connectivity index (χ1n) is 6.51. The summed E-state index contributed by atoms with van der Waals surface area (Å²) in [5, 5.41) is 7.10. The van der Waals surface area contributed by atoms with E-state index in [9.17, 15) is 4.79 Å². The topological polar surface area (TPSA) is 46.9 Å². The summed E-state index contributed by atoms with van der Waals surface area (Å²) in [4.78, 5) is 12.2. The number of halogens is 1. The van der Waals surface area contributed by atoms with Crippen molar-refractivity contribution >= 4 is 21.8 Å². The Labute approximate surface area is 127 Å². The Balaban J connectivity index is 1.97. The number of nitrogens with one attached hydrogen (secondary N) is 1. The first-order valence-corrected chi connectivity index (χ1v) is 7.30. The van der Waals surface area contributed by atoms with Gasteiger partial charge in [-0.05, 0) is 38.0 Å². The van der Waals surface area contributed by atoms with Gasteiger partial charge in [-0.3, -0.25) is 9.48 Å². The minimum Gasteiger partial charge on any atom is -0.349 e. The Morgan fingerprint density at radius 2 is 2.05 bits per heavy atom. The number of aryl methyl sites for hydroxylation is 1. The van der Waals surface area contributed by atoms with E-state index >= 15 is 0 Å². The molecular weight excluding hydrogens is 318 g/mol. The monoisotopic (exact) mass is 335 g/mol. The number of nitrogens with zero attached hydrogens (tertiary/aromatic N) is 2. The van der Waals surface area contributed by atoms with Gasteiger partial charge in [-0.1, -0.05) is 28.1 Å². The van der Waals surface area contributed by atoms with Crippen LogP contribution >= 0.6 is 15.9 Å². The lowest BCUT2D eigenvalue weighted by atomic mass is 10.1. The van der Waals surface area contributed by atoms with E-state index in [1.165, 1.54) is 5.56 Å². The number of carbonyl (C=O) groups excluding carboxylic acids is 1. The predicted octanol–water partition coefficient (Wildman–Crippen LogP) is 2.85. The number of hydrogen-bond acceptors (Lipinski definition) is 2. The summed E-state index contributed by atoms with van der Waals surface area (Å²) < 4.78 is 2.76. The van der Waals surface area contributed by atoms with Crippen molar-refractivity contribution in [3.63, 3.8) is 0 Å². The highest BCUT2D eigenvalue weighted by Crippen LogP contribution is 2.12. The van der Waals surface area contributed by atoms with Crippen LogP contribution in [-0.4, -0.2) is 21.7 Å². The van der Waals surface area contributed by atoms with Gasteiger partial charge in [-0.15, -0.1) is 0 Å². The minimum atomic E-state index is -0.0692. The number of hydrogen-bond donors (Lipinski definition) is 1. The van der Waals surface area contributed by atoms with Crippen molar-refractivity contribution in [3.8, 4) is 0 Å². The molecule has 1 aromatic carbocycles. The molecule has 2 rings (SSSR count). The SMILES string of the molecule is Cc1c(C(=O)NC(C)Cc2ccc(Br)cc2)cnn1C. The molecule has 1 heterocycles. The van der Waals surface area contributed by atoms with Crippen LogP contribution in [0, 0.1) is 6.92 Å². The second-order valence-electron chi connectivity index (χ2n) is 4.97. The third-order valence-electron chi connectivity index (χ3n) is 3.31. The molecule has 0 saturated heterocycles. The second-order valence-corrected chi connectivity index (χ2v) is 5.89. The zero-order valence-electron chi connectivity index (χ0n) is 11.9. The fourth-order valence-electron chi connectivity index (χ4n) is 2.05. The zero-order chi connectivity index (χ0) is 14.7. The number of aromatic nitrogens is 2. The summed E-state index contributed by atoms with van der Waals surface area (Å²) in [5.74, 6) is -0.0692. The standard InChI is InChI=1S/C15H18BrN3O/c1-10(8-12-4-6-13(16)7-5-12)18-15(20)14-9-17-19(3)11(14)2/h4-7,9-10H,8H2,1-3H3,(H,18,20). The summed E-state index contributed by atoms with van der Waals surface area (Å²) in [5.41, 5.74) is 2.71. The average Bonchev–Trinajstić information content (AvgIpc) is 2.73. The fraction of sp³-hybridized carbons (Fsp3) is 0.333. The van der Waals surface area contributed by atoms with Crippen LogP contribution < -0.4 is 5.32 Å². The van der Waals surface area contributed by atoms with Crippen molar-refractivity contribution in [3.05, 3.63) is 51.8 Å². The molecule has 0 spiro atoms. The van der Waals surface area contributed by atoms with E-state index in [4.69, 9.17) is 0 Å². The maximum absolute atomic E-state index is 12.2. The van der Waals surface area contributed by atoms with Crippen LogP contribution in [-0.2, 0) is 13.5 Å². The molecular formula is C15H18BrN3O. The Kier molecular flexibility index (Phi) is 4.60. The molecule has 1 N–H and O–H groups in total. The molecule has 1 amide bonds. The molecule has 1 aromatic heterocycles. The molecule has 4 nitrogen and oxygen atoms in total. The van der Waals surface area contributed by atoms with Crippen molar-refractivity contribution in [1.29, 1.82) is 0 Å². The largest absolute Gasteiger partial charge is 0.349 e. The van der Waals surface area contributed by atoms with Gasteiger partial charge in [0.15, 0.2) is 0 Å². The average molecular weight is 336 g/mol. The Morgan fingerprint density at radius 3 is 2.60 bits per heavy atom. The summed E-state index contributed by atoms with van der Waals surface area (Å²) in [6.07, 6.45) is 2.41. The number of benzene rings is 1. The number of rotatable bonds is 4. The molecule has 2 aromatic rings. The Bertz CT molecular complexity index is 604. The lowest BCUT2D eigenvalue weighted by Crippen LogP contribution is -2.34. The third-order valence-corrected chi connectivity index (χ3v) is 3.84. The van der Waals surface area contributed by atoms with Crippen LogP contribution in [0.1, 0.15) is 28.5 Å². The summed E-state index contributed by atoms with van der Waals surface area (Å²) in [6.45, 7) is 3.90. The molecule has 0 bridgehead atoms. The van der Waals surface area contributed by atoms with Crippen molar-refractivity contribution in [2.75, 3.05) is 0 Å². The summed E-state index contributed by atoms with van der Waals surface area (Å²) >= 11 is 3.41. The molecule has 5 heteroatoms. The highest BCUT2D eigenvalue weighted by Gasteiger charge is 2.15. The predicted molar refractivity (Wildman–Crippen MR) is 82.7 cm³/mol. The molecule has 1 unspecified atom stereocenters. The normalized spacial score (nSPS) is 12.2. The van der Waals surface area contributed by atoms with Crippen molar-refractivity contribution in [2.24, 2.45) is 7.05 Å². The van der Waals surface area contributed by atoms with E-state index < -0.39 is 0 Å². The highest BCUT2D eigenvalue weighted by atomic mass is 79.9. The first-order chi connectivity index (χ1) is 9.47. The van der Waals surface area contributed by atoms with E-state index in [-0.39, 0.29) is 11.9 Å². The van der Waals surface area contributed by atoms with Crippen LogP contribution in [0.3, 0.4) is 0 Å². The minimum absolute atomic E-state index is 0.0692. The van der Waals surface area contributed by atoms with Crippen molar-refractivity contribution in [2.45, 2.75) is 26.3 Å². The summed E-state index contributed by atoms with van der Waals surface area (Å²) in [6, 6.07) is 8.21. The first kappa shape index (κ1) is 14.8. The van der Waals surface area contributed by atoms with E-state index in [0.29, 0.717) is 5.56 Å². The summed E-state index contributed by atoms with van der Waals surface area (Å²) in [7, 11) is 1.83. The second kappa shape index (κ2) is 6.22. The molecule has 20 heavy (non-hydrogen) atoms. The van der Waals surface area contributed by atoms with Gasteiger partial charge in [0.1, 0.15) is 0 Å². The zero-order valence-corrected chi connectivity index (χ0v) is 13.4. The molecule has 0 aliphatic rings. The molecule has 0 aliphatic carbocycles. The van der Waals surface area contributed by atoms with Gasteiger partial charge in [-0.2, -0.15) is 5.10 Å². The number of carbonyl (C=O) groups is 1. The van der Waals surface area contributed by atoms with Gasteiger partial charge in [0.25, 0.3) is 5.91 Å². The molecule has 0 radical (unpaired) electrons. The van der Waals surface area contributed by atoms with Crippen LogP contribution in [0.15, 0.2) is 34.9 Å². The van der Waals surface area contributed by atoms with Crippen LogP contribution in [0.25, 0.3) is 0 Å². The lowest BCUT2D eigenvalue weighted by Gasteiger charge is -2.14. The third kappa shape index (κ3) is 3.48. The van der Waals surface area contributed by atoms with Gasteiger partial charge in [0.05, 0.1) is 11.8 Å². The van der Waals surface area contributed by atoms with Gasteiger partial charge in [0, 0.05) is 23.3 Å². The van der Waals surface area contributed by atoms with Gasteiger partial charge < -0.3 is 5.32 Å². The number of amides is 1. The van der Waals surface area contributed by atoms with E-state index in [2.05, 4.69) is 38.5 Å². The van der Waals surface area contributed by atoms with Crippen molar-refractivity contribution in [1.82, 2.24) is 15.1 Å². The van der Waals surface area contributed by atoms with Crippen LogP contribution in [0.4, 0.5) is 0 Å². The Morgan fingerprint density at radius 1 is 1.40 bits per heavy atom.